The van der Waals surface area contributed by atoms with Gasteiger partial charge in [0.2, 0.25) is 0 Å². The fourth-order valence-electron chi connectivity index (χ4n) is 1.82. The van der Waals surface area contributed by atoms with E-state index in [-0.39, 0.29) is 12.5 Å². The van der Waals surface area contributed by atoms with Crippen LogP contribution in [0, 0.1) is 0 Å². The molecule has 0 aliphatic rings. The Morgan fingerprint density at radius 3 is 2.74 bits per heavy atom. The lowest BCUT2D eigenvalue weighted by Gasteiger charge is -2.23. The first-order valence-electron chi connectivity index (χ1n) is 6.93. The number of hydrogen-bond acceptors (Lipinski definition) is 4. The summed E-state index contributed by atoms with van der Waals surface area (Å²) in [6.45, 7) is 5.76. The van der Waals surface area contributed by atoms with Crippen LogP contribution in [-0.2, 0) is 9.53 Å². The van der Waals surface area contributed by atoms with Gasteiger partial charge >= 0.3 is 5.97 Å². The largest absolute Gasteiger partial charge is 0.464 e. The van der Waals surface area contributed by atoms with E-state index in [9.17, 15) is 4.79 Å². The number of nitrogens with zero attached hydrogens (tertiary/aromatic N) is 1. The Morgan fingerprint density at radius 1 is 1.32 bits per heavy atom. The molecule has 0 radical (unpaired) electrons. The average Bonchev–Trinajstić information content (AvgIpc) is 2.38. The van der Waals surface area contributed by atoms with Crippen LogP contribution in [-0.4, -0.2) is 25.7 Å². The van der Waals surface area contributed by atoms with Gasteiger partial charge in [0.05, 0.1) is 6.61 Å². The molecule has 1 aromatic rings. The molecule has 19 heavy (non-hydrogen) atoms. The second-order valence-electron chi connectivity index (χ2n) is 4.59. The van der Waals surface area contributed by atoms with Crippen molar-refractivity contribution in [3.8, 4) is 0 Å². The molecule has 0 saturated heterocycles. The SMILES string of the molecule is CCCCOC(=O)CN(CCC)c1cccc(N)c1. The van der Waals surface area contributed by atoms with Crippen LogP contribution < -0.4 is 10.6 Å². The molecule has 0 spiro atoms. The van der Waals surface area contributed by atoms with Gasteiger partial charge in [-0.15, -0.1) is 0 Å². The number of hydrogen-bond donors (Lipinski definition) is 1. The summed E-state index contributed by atoms with van der Waals surface area (Å²) in [5.74, 6) is -0.177. The number of nitrogens with two attached hydrogens (primary N) is 1. The topological polar surface area (TPSA) is 55.6 Å². The van der Waals surface area contributed by atoms with Crippen molar-refractivity contribution in [2.24, 2.45) is 0 Å². The molecule has 0 heterocycles. The smallest absolute Gasteiger partial charge is 0.325 e. The first-order valence-corrected chi connectivity index (χ1v) is 6.93. The van der Waals surface area contributed by atoms with Gasteiger partial charge in [-0.2, -0.15) is 0 Å². The van der Waals surface area contributed by atoms with Gasteiger partial charge in [0.25, 0.3) is 0 Å². The lowest BCUT2D eigenvalue weighted by Crippen LogP contribution is -2.31. The van der Waals surface area contributed by atoms with Gasteiger partial charge in [0.1, 0.15) is 6.54 Å². The predicted molar refractivity (Wildman–Crippen MR) is 79.2 cm³/mol. The summed E-state index contributed by atoms with van der Waals surface area (Å²) in [6, 6.07) is 7.59. The van der Waals surface area contributed by atoms with Crippen LogP contribution >= 0.6 is 0 Å². The first kappa shape index (κ1) is 15.3. The van der Waals surface area contributed by atoms with Crippen molar-refractivity contribution in [3.63, 3.8) is 0 Å². The number of anilines is 2. The Kier molecular flexibility index (Phi) is 6.79. The lowest BCUT2D eigenvalue weighted by molar-refractivity contribution is -0.142. The number of unbranched alkanes of at least 4 members (excludes halogenated alkanes) is 1. The quantitative estimate of drug-likeness (QED) is 0.445. The highest BCUT2D eigenvalue weighted by molar-refractivity contribution is 5.76. The molecule has 0 unspecified atom stereocenters. The molecular weight excluding hydrogens is 240 g/mol. The van der Waals surface area contributed by atoms with Gasteiger partial charge in [-0.3, -0.25) is 4.79 Å². The van der Waals surface area contributed by atoms with E-state index in [1.54, 1.807) is 0 Å². The third kappa shape index (κ3) is 5.64. The van der Waals surface area contributed by atoms with Crippen molar-refractivity contribution in [1.29, 1.82) is 0 Å². The maximum Gasteiger partial charge on any atom is 0.325 e. The Hall–Kier alpha value is -1.71. The maximum absolute atomic E-state index is 11.8. The molecule has 4 nitrogen and oxygen atoms in total. The Balaban J connectivity index is 2.60. The molecule has 1 rings (SSSR count). The Morgan fingerprint density at radius 2 is 2.11 bits per heavy atom. The van der Waals surface area contributed by atoms with E-state index >= 15 is 0 Å². The minimum Gasteiger partial charge on any atom is -0.464 e. The van der Waals surface area contributed by atoms with Crippen LogP contribution in [0.4, 0.5) is 11.4 Å². The van der Waals surface area contributed by atoms with Crippen LogP contribution in [0.15, 0.2) is 24.3 Å². The summed E-state index contributed by atoms with van der Waals surface area (Å²) < 4.78 is 5.20. The molecule has 106 valence electrons. The van der Waals surface area contributed by atoms with Crippen molar-refractivity contribution in [3.05, 3.63) is 24.3 Å². The van der Waals surface area contributed by atoms with Crippen molar-refractivity contribution in [2.45, 2.75) is 33.1 Å². The van der Waals surface area contributed by atoms with E-state index in [0.717, 1.165) is 31.5 Å². The molecule has 1 aromatic carbocycles. The summed E-state index contributed by atoms with van der Waals surface area (Å²) in [5, 5.41) is 0. The third-order valence-corrected chi connectivity index (χ3v) is 2.81. The summed E-state index contributed by atoms with van der Waals surface area (Å²) in [6.07, 6.45) is 2.91. The van der Waals surface area contributed by atoms with Gasteiger partial charge in [0.15, 0.2) is 0 Å². The van der Waals surface area contributed by atoms with Crippen LogP contribution in [0.3, 0.4) is 0 Å². The van der Waals surface area contributed by atoms with Crippen LogP contribution in [0.25, 0.3) is 0 Å². The minimum absolute atomic E-state index is 0.177. The van der Waals surface area contributed by atoms with Crippen molar-refractivity contribution >= 4 is 17.3 Å². The fourth-order valence-corrected chi connectivity index (χ4v) is 1.82. The Labute approximate surface area is 115 Å². The monoisotopic (exact) mass is 264 g/mol. The number of carbonyl (C=O) groups excluding carboxylic acids is 1. The number of benzene rings is 1. The average molecular weight is 264 g/mol. The molecule has 4 heteroatoms. The van der Waals surface area contributed by atoms with Crippen molar-refractivity contribution in [1.82, 2.24) is 0 Å². The third-order valence-electron chi connectivity index (χ3n) is 2.81. The highest BCUT2D eigenvalue weighted by atomic mass is 16.5. The second kappa shape index (κ2) is 8.40. The minimum atomic E-state index is -0.177. The molecule has 0 atom stereocenters. The van der Waals surface area contributed by atoms with E-state index in [1.807, 2.05) is 29.2 Å². The van der Waals surface area contributed by atoms with Crippen molar-refractivity contribution in [2.75, 3.05) is 30.3 Å². The second-order valence-corrected chi connectivity index (χ2v) is 4.59. The van der Waals surface area contributed by atoms with E-state index in [2.05, 4.69) is 13.8 Å². The molecular formula is C15H24N2O2. The fraction of sp³-hybridized carbons (Fsp3) is 0.533. The molecule has 0 fully saturated rings. The molecule has 0 saturated carbocycles. The van der Waals surface area contributed by atoms with Gasteiger partial charge in [-0.25, -0.2) is 0 Å². The molecule has 0 aliphatic heterocycles. The normalized spacial score (nSPS) is 10.2. The highest BCUT2D eigenvalue weighted by Crippen LogP contribution is 2.17. The van der Waals surface area contributed by atoms with Crippen LogP contribution in [0.5, 0.6) is 0 Å². The van der Waals surface area contributed by atoms with E-state index in [4.69, 9.17) is 10.5 Å². The zero-order valence-electron chi connectivity index (χ0n) is 11.9. The molecule has 0 bridgehead atoms. The van der Waals surface area contributed by atoms with Gasteiger partial charge in [-0.05, 0) is 31.0 Å². The van der Waals surface area contributed by atoms with E-state index in [0.29, 0.717) is 12.3 Å². The molecule has 2 N–H and O–H groups in total. The first-order chi connectivity index (χ1) is 9.17. The highest BCUT2D eigenvalue weighted by Gasteiger charge is 2.12. The van der Waals surface area contributed by atoms with E-state index in [1.165, 1.54) is 0 Å². The summed E-state index contributed by atoms with van der Waals surface area (Å²) in [5.41, 5.74) is 7.45. The van der Waals surface area contributed by atoms with Crippen molar-refractivity contribution < 1.29 is 9.53 Å². The predicted octanol–water partition coefficient (Wildman–Crippen LogP) is 2.83. The molecule has 0 aliphatic carbocycles. The molecule has 0 aromatic heterocycles. The standard InChI is InChI=1S/C15H24N2O2/c1-3-5-10-19-15(18)12-17(9-4-2)14-8-6-7-13(16)11-14/h6-8,11H,3-5,9-10,12,16H2,1-2H3. The lowest BCUT2D eigenvalue weighted by atomic mass is 10.2. The summed E-state index contributed by atoms with van der Waals surface area (Å²) in [4.78, 5) is 13.8. The van der Waals surface area contributed by atoms with Gasteiger partial charge < -0.3 is 15.4 Å². The number of nitrogen functional groups attached to an aromatic ring is 1. The van der Waals surface area contributed by atoms with Gasteiger partial charge in [0, 0.05) is 17.9 Å². The van der Waals surface area contributed by atoms with Crippen LogP contribution in [0.2, 0.25) is 0 Å². The Bertz CT molecular complexity index is 393. The molecule has 0 amide bonds. The van der Waals surface area contributed by atoms with Crippen LogP contribution in [0.1, 0.15) is 33.1 Å². The zero-order valence-corrected chi connectivity index (χ0v) is 11.9. The number of carbonyl (C=O) groups is 1. The number of rotatable bonds is 8. The number of esters is 1. The summed E-state index contributed by atoms with van der Waals surface area (Å²) >= 11 is 0. The zero-order chi connectivity index (χ0) is 14.1. The summed E-state index contributed by atoms with van der Waals surface area (Å²) in [7, 11) is 0. The number of ether oxygens (including phenoxy) is 1. The van der Waals surface area contributed by atoms with Gasteiger partial charge in [-0.1, -0.05) is 26.3 Å². The van der Waals surface area contributed by atoms with E-state index < -0.39 is 0 Å². The maximum atomic E-state index is 11.8.